The third-order valence-electron chi connectivity index (χ3n) is 2.07. The van der Waals surface area contributed by atoms with Crippen LogP contribution in [-0.4, -0.2) is 49.9 Å². The van der Waals surface area contributed by atoms with Crippen LogP contribution in [0.1, 0.15) is 12.8 Å². The second-order valence-electron chi connectivity index (χ2n) is 3.46. The number of sulfonamides is 1. The van der Waals surface area contributed by atoms with Crippen LogP contribution in [0.4, 0.5) is 4.79 Å². The van der Waals surface area contributed by atoms with E-state index in [1.807, 2.05) is 0 Å². The van der Waals surface area contributed by atoms with Crippen molar-refractivity contribution in [3.8, 4) is 0 Å². The highest BCUT2D eigenvalue weighted by Gasteiger charge is 2.24. The van der Waals surface area contributed by atoms with Crippen LogP contribution in [0.25, 0.3) is 0 Å². The van der Waals surface area contributed by atoms with Crippen LogP contribution < -0.4 is 4.72 Å². The molecule has 0 aliphatic carbocycles. The van der Waals surface area contributed by atoms with Gasteiger partial charge in [-0.25, -0.2) is 17.9 Å². The Kier molecular flexibility index (Phi) is 3.33. The number of hydrogen-bond donors (Lipinski definition) is 2. The standard InChI is InChI=1S/C7H14N2O4S/c1-14(12,13)8-6-3-2-4-9(5-6)7(10)11/h6,8H,2-5H2,1H3,(H,10,11). The molecule has 2 N–H and O–H groups in total. The minimum atomic E-state index is -3.24. The van der Waals surface area contributed by atoms with E-state index >= 15 is 0 Å². The van der Waals surface area contributed by atoms with Gasteiger partial charge in [-0.3, -0.25) is 0 Å². The highest BCUT2D eigenvalue weighted by Crippen LogP contribution is 2.10. The number of nitrogens with one attached hydrogen (secondary N) is 1. The summed E-state index contributed by atoms with van der Waals surface area (Å²) in [4.78, 5) is 11.8. The normalized spacial score (nSPS) is 23.5. The van der Waals surface area contributed by atoms with Crippen LogP contribution in [0, 0.1) is 0 Å². The van der Waals surface area contributed by atoms with Crippen molar-refractivity contribution < 1.29 is 18.3 Å². The predicted octanol–water partition coefficient (Wildman–Crippen LogP) is -0.322. The molecule has 0 spiro atoms. The van der Waals surface area contributed by atoms with Gasteiger partial charge in [0.25, 0.3) is 0 Å². The first-order valence-electron chi connectivity index (χ1n) is 4.33. The van der Waals surface area contributed by atoms with Gasteiger partial charge in [0.1, 0.15) is 0 Å². The highest BCUT2D eigenvalue weighted by molar-refractivity contribution is 7.88. The smallest absolute Gasteiger partial charge is 0.407 e. The van der Waals surface area contributed by atoms with E-state index in [9.17, 15) is 13.2 Å². The lowest BCUT2D eigenvalue weighted by molar-refractivity contribution is 0.129. The van der Waals surface area contributed by atoms with Gasteiger partial charge in [0.15, 0.2) is 0 Å². The van der Waals surface area contributed by atoms with E-state index in [1.54, 1.807) is 0 Å². The Morgan fingerprint density at radius 1 is 1.57 bits per heavy atom. The zero-order valence-electron chi connectivity index (χ0n) is 7.93. The van der Waals surface area contributed by atoms with Crippen molar-refractivity contribution in [3.63, 3.8) is 0 Å². The summed E-state index contributed by atoms with van der Waals surface area (Å²) in [6, 6.07) is -0.283. The summed E-state index contributed by atoms with van der Waals surface area (Å²) in [5.74, 6) is 0. The van der Waals surface area contributed by atoms with Gasteiger partial charge in [-0.05, 0) is 12.8 Å². The largest absolute Gasteiger partial charge is 0.465 e. The van der Waals surface area contributed by atoms with Crippen molar-refractivity contribution in [2.45, 2.75) is 18.9 Å². The minimum Gasteiger partial charge on any atom is -0.465 e. The maximum Gasteiger partial charge on any atom is 0.407 e. The number of nitrogens with zero attached hydrogens (tertiary/aromatic N) is 1. The number of amides is 1. The van der Waals surface area contributed by atoms with Gasteiger partial charge in [-0.1, -0.05) is 0 Å². The molecule has 6 nitrogen and oxygen atoms in total. The van der Waals surface area contributed by atoms with Gasteiger partial charge in [0.05, 0.1) is 6.26 Å². The Balaban J connectivity index is 2.52. The predicted molar refractivity (Wildman–Crippen MR) is 50.6 cm³/mol. The Labute approximate surface area is 82.9 Å². The van der Waals surface area contributed by atoms with Gasteiger partial charge in [0, 0.05) is 19.1 Å². The van der Waals surface area contributed by atoms with Crippen LogP contribution in [0.3, 0.4) is 0 Å². The van der Waals surface area contributed by atoms with E-state index in [0.29, 0.717) is 19.4 Å². The molecule has 0 bridgehead atoms. The van der Waals surface area contributed by atoms with E-state index in [2.05, 4.69) is 4.72 Å². The average molecular weight is 222 g/mol. The summed E-state index contributed by atoms with van der Waals surface area (Å²) in [6.45, 7) is 0.722. The quantitative estimate of drug-likeness (QED) is 0.670. The zero-order chi connectivity index (χ0) is 10.8. The van der Waals surface area contributed by atoms with Crippen molar-refractivity contribution in [1.29, 1.82) is 0 Å². The molecule has 0 aromatic heterocycles. The molecule has 1 saturated heterocycles. The summed E-state index contributed by atoms with van der Waals surface area (Å²) in [5, 5.41) is 8.70. The number of piperidine rings is 1. The Morgan fingerprint density at radius 3 is 2.71 bits per heavy atom. The fraction of sp³-hybridized carbons (Fsp3) is 0.857. The molecule has 1 rings (SSSR count). The topological polar surface area (TPSA) is 86.7 Å². The van der Waals surface area contributed by atoms with Crippen LogP contribution >= 0.6 is 0 Å². The third-order valence-corrected chi connectivity index (χ3v) is 2.83. The molecule has 0 saturated carbocycles. The maximum absolute atomic E-state index is 10.9. The molecular weight excluding hydrogens is 208 g/mol. The molecule has 1 fully saturated rings. The molecule has 0 radical (unpaired) electrons. The minimum absolute atomic E-state index is 0.238. The van der Waals surface area contributed by atoms with Gasteiger partial charge >= 0.3 is 6.09 Å². The fourth-order valence-corrected chi connectivity index (χ4v) is 2.35. The number of rotatable bonds is 2. The molecule has 7 heteroatoms. The Morgan fingerprint density at radius 2 is 2.21 bits per heavy atom. The van der Waals surface area contributed by atoms with Gasteiger partial charge in [-0.15, -0.1) is 0 Å². The molecule has 1 atom stereocenters. The summed E-state index contributed by atoms with van der Waals surface area (Å²) < 4.78 is 24.2. The molecule has 1 heterocycles. The van der Waals surface area contributed by atoms with E-state index in [1.165, 1.54) is 4.90 Å². The van der Waals surface area contributed by atoms with Crippen molar-refractivity contribution in [2.24, 2.45) is 0 Å². The van der Waals surface area contributed by atoms with E-state index in [0.717, 1.165) is 6.26 Å². The van der Waals surface area contributed by atoms with Crippen molar-refractivity contribution in [2.75, 3.05) is 19.3 Å². The summed E-state index contributed by atoms with van der Waals surface area (Å²) in [7, 11) is -3.24. The SMILES string of the molecule is CS(=O)(=O)NC1CCCN(C(=O)O)C1. The molecule has 1 aliphatic rings. The second kappa shape index (κ2) is 4.14. The van der Waals surface area contributed by atoms with E-state index in [4.69, 9.17) is 5.11 Å². The van der Waals surface area contributed by atoms with Gasteiger partial charge < -0.3 is 10.0 Å². The van der Waals surface area contributed by atoms with Crippen molar-refractivity contribution in [3.05, 3.63) is 0 Å². The molecule has 0 aromatic rings. The monoisotopic (exact) mass is 222 g/mol. The lowest BCUT2D eigenvalue weighted by Crippen LogP contribution is -2.48. The van der Waals surface area contributed by atoms with Crippen LogP contribution in [0.15, 0.2) is 0 Å². The maximum atomic E-state index is 10.9. The first kappa shape index (κ1) is 11.3. The molecule has 1 unspecified atom stereocenters. The molecular formula is C7H14N2O4S. The Hall–Kier alpha value is -0.820. The summed E-state index contributed by atoms with van der Waals surface area (Å²) >= 11 is 0. The number of carboxylic acid groups (broad SMARTS) is 1. The first-order valence-corrected chi connectivity index (χ1v) is 6.23. The fourth-order valence-electron chi connectivity index (χ4n) is 1.55. The lowest BCUT2D eigenvalue weighted by atomic mass is 10.1. The van der Waals surface area contributed by atoms with Crippen LogP contribution in [0.2, 0.25) is 0 Å². The van der Waals surface area contributed by atoms with Crippen LogP contribution in [-0.2, 0) is 10.0 Å². The molecule has 82 valence electrons. The molecule has 14 heavy (non-hydrogen) atoms. The van der Waals surface area contributed by atoms with E-state index in [-0.39, 0.29) is 12.6 Å². The first-order chi connectivity index (χ1) is 6.38. The average Bonchev–Trinajstić information content (AvgIpc) is 2.01. The molecule has 1 amide bonds. The zero-order valence-corrected chi connectivity index (χ0v) is 8.75. The third kappa shape index (κ3) is 3.51. The lowest BCUT2D eigenvalue weighted by Gasteiger charge is -2.30. The number of hydrogen-bond acceptors (Lipinski definition) is 3. The second-order valence-corrected chi connectivity index (χ2v) is 5.24. The molecule has 0 aromatic carbocycles. The summed E-state index contributed by atoms with van der Waals surface area (Å²) in [5.41, 5.74) is 0. The van der Waals surface area contributed by atoms with Gasteiger partial charge in [-0.2, -0.15) is 0 Å². The Bertz CT molecular complexity index is 314. The van der Waals surface area contributed by atoms with E-state index < -0.39 is 16.1 Å². The number of likely N-dealkylation sites (tertiary alicyclic amines) is 1. The van der Waals surface area contributed by atoms with Crippen LogP contribution in [0.5, 0.6) is 0 Å². The summed E-state index contributed by atoms with van der Waals surface area (Å²) in [6.07, 6.45) is 1.47. The number of carbonyl (C=O) groups is 1. The van der Waals surface area contributed by atoms with Crippen molar-refractivity contribution in [1.82, 2.24) is 9.62 Å². The van der Waals surface area contributed by atoms with Gasteiger partial charge in [0.2, 0.25) is 10.0 Å². The molecule has 1 aliphatic heterocycles. The van der Waals surface area contributed by atoms with Crippen molar-refractivity contribution >= 4 is 16.1 Å². The highest BCUT2D eigenvalue weighted by atomic mass is 32.2.